The number of amides is 1. The Morgan fingerprint density at radius 3 is 2.96 bits per heavy atom. The normalized spacial score (nSPS) is 17.2. The van der Waals surface area contributed by atoms with Crippen LogP contribution in [0.5, 0.6) is 0 Å². The van der Waals surface area contributed by atoms with Crippen LogP contribution in [-0.4, -0.2) is 65.7 Å². The van der Waals surface area contributed by atoms with E-state index in [0.717, 1.165) is 37.5 Å². The molecule has 1 aliphatic rings. The molecular formula is C18H25N5O2. The number of anilines is 1. The monoisotopic (exact) mass is 343 g/mol. The highest BCUT2D eigenvalue weighted by Gasteiger charge is 2.27. The highest BCUT2D eigenvalue weighted by atomic mass is 16.3. The van der Waals surface area contributed by atoms with Crippen molar-refractivity contribution in [3.63, 3.8) is 0 Å². The van der Waals surface area contributed by atoms with E-state index in [0.29, 0.717) is 19.1 Å². The largest absolute Gasteiger partial charge is 0.467 e. The van der Waals surface area contributed by atoms with Crippen LogP contribution in [0.1, 0.15) is 18.6 Å². The number of rotatable bonds is 7. The summed E-state index contributed by atoms with van der Waals surface area (Å²) >= 11 is 0. The third-order valence-electron chi connectivity index (χ3n) is 4.56. The van der Waals surface area contributed by atoms with Crippen LogP contribution in [0.25, 0.3) is 0 Å². The highest BCUT2D eigenvalue weighted by molar-refractivity contribution is 5.77. The fourth-order valence-corrected chi connectivity index (χ4v) is 3.27. The van der Waals surface area contributed by atoms with Gasteiger partial charge in [-0.05, 0) is 44.2 Å². The third kappa shape index (κ3) is 4.57. The van der Waals surface area contributed by atoms with Crippen molar-refractivity contribution in [2.24, 2.45) is 0 Å². The van der Waals surface area contributed by atoms with Crippen LogP contribution in [0.2, 0.25) is 0 Å². The molecule has 0 aliphatic carbocycles. The summed E-state index contributed by atoms with van der Waals surface area (Å²) in [5.41, 5.74) is 0. The van der Waals surface area contributed by atoms with Gasteiger partial charge in [0.05, 0.1) is 19.4 Å². The van der Waals surface area contributed by atoms with Crippen molar-refractivity contribution in [1.82, 2.24) is 20.0 Å². The number of hydrogen-bond acceptors (Lipinski definition) is 6. The van der Waals surface area contributed by atoms with Crippen LogP contribution in [0, 0.1) is 0 Å². The number of hydrogen-bond donors (Lipinski definition) is 0. The first-order valence-electron chi connectivity index (χ1n) is 8.62. The van der Waals surface area contributed by atoms with E-state index in [9.17, 15) is 4.79 Å². The van der Waals surface area contributed by atoms with Gasteiger partial charge in [0, 0.05) is 32.4 Å². The summed E-state index contributed by atoms with van der Waals surface area (Å²) in [5, 5.41) is 8.20. The van der Waals surface area contributed by atoms with Gasteiger partial charge in [-0.15, -0.1) is 5.10 Å². The van der Waals surface area contributed by atoms with Crippen molar-refractivity contribution in [2.45, 2.75) is 25.4 Å². The number of furan rings is 1. The van der Waals surface area contributed by atoms with Crippen molar-refractivity contribution in [1.29, 1.82) is 0 Å². The first-order valence-corrected chi connectivity index (χ1v) is 8.62. The molecule has 3 heterocycles. The van der Waals surface area contributed by atoms with Gasteiger partial charge in [-0.25, -0.2) is 0 Å². The van der Waals surface area contributed by atoms with Gasteiger partial charge < -0.3 is 14.2 Å². The lowest BCUT2D eigenvalue weighted by Gasteiger charge is -2.29. The average molecular weight is 343 g/mol. The second kappa shape index (κ2) is 8.11. The average Bonchev–Trinajstić information content (AvgIpc) is 3.27. The smallest absolute Gasteiger partial charge is 0.236 e. The zero-order valence-corrected chi connectivity index (χ0v) is 14.8. The Kier molecular flexibility index (Phi) is 5.65. The maximum atomic E-state index is 12.4. The van der Waals surface area contributed by atoms with E-state index >= 15 is 0 Å². The zero-order valence-electron chi connectivity index (χ0n) is 14.8. The van der Waals surface area contributed by atoms with Gasteiger partial charge in [-0.2, -0.15) is 5.10 Å². The Balaban J connectivity index is 1.51. The number of nitrogens with zero attached hydrogens (tertiary/aromatic N) is 5. The van der Waals surface area contributed by atoms with E-state index in [1.54, 1.807) is 24.4 Å². The maximum Gasteiger partial charge on any atom is 0.236 e. The second-order valence-corrected chi connectivity index (χ2v) is 6.60. The van der Waals surface area contributed by atoms with Gasteiger partial charge >= 0.3 is 0 Å². The lowest BCUT2D eigenvalue weighted by Crippen LogP contribution is -2.43. The predicted molar refractivity (Wildman–Crippen MR) is 95.1 cm³/mol. The molecule has 0 saturated carbocycles. The summed E-state index contributed by atoms with van der Waals surface area (Å²) < 4.78 is 5.30. The van der Waals surface area contributed by atoms with E-state index in [4.69, 9.17) is 4.42 Å². The van der Waals surface area contributed by atoms with Crippen LogP contribution in [0.15, 0.2) is 41.1 Å². The highest BCUT2D eigenvalue weighted by Crippen LogP contribution is 2.23. The first-order chi connectivity index (χ1) is 12.1. The molecule has 2 aromatic heterocycles. The van der Waals surface area contributed by atoms with E-state index in [1.165, 1.54) is 0 Å². The molecule has 7 heteroatoms. The summed E-state index contributed by atoms with van der Waals surface area (Å²) in [7, 11) is 3.80. The molecule has 0 aromatic carbocycles. The summed E-state index contributed by atoms with van der Waals surface area (Å²) in [6.45, 7) is 2.71. The molecule has 1 amide bonds. The Labute approximate surface area is 148 Å². The van der Waals surface area contributed by atoms with Gasteiger partial charge in [0.2, 0.25) is 5.91 Å². The van der Waals surface area contributed by atoms with Crippen LogP contribution in [0.3, 0.4) is 0 Å². The first kappa shape index (κ1) is 17.4. The van der Waals surface area contributed by atoms with Gasteiger partial charge in [-0.3, -0.25) is 9.69 Å². The number of carbonyl (C=O) groups is 1. The quantitative estimate of drug-likeness (QED) is 0.761. The van der Waals surface area contributed by atoms with Gasteiger partial charge in [-0.1, -0.05) is 0 Å². The van der Waals surface area contributed by atoms with Gasteiger partial charge in [0.15, 0.2) is 5.82 Å². The lowest BCUT2D eigenvalue weighted by molar-refractivity contribution is -0.131. The molecule has 1 atom stereocenters. The summed E-state index contributed by atoms with van der Waals surface area (Å²) in [6, 6.07) is 7.98. The molecule has 0 radical (unpaired) electrons. The van der Waals surface area contributed by atoms with E-state index in [1.807, 2.05) is 31.3 Å². The maximum absolute atomic E-state index is 12.4. The molecule has 2 aromatic rings. The SMILES string of the molecule is CN(CC(=O)N(C)Cc1ccco1)CC1CCCN1c1cccnn1. The lowest BCUT2D eigenvalue weighted by atomic mass is 10.2. The molecule has 1 unspecified atom stereocenters. The van der Waals surface area contributed by atoms with Gasteiger partial charge in [0.25, 0.3) is 0 Å². The Morgan fingerprint density at radius 1 is 1.36 bits per heavy atom. The van der Waals surface area contributed by atoms with Crippen molar-refractivity contribution in [3.8, 4) is 0 Å². The number of likely N-dealkylation sites (N-methyl/N-ethyl adjacent to an activating group) is 2. The molecule has 0 spiro atoms. The molecular weight excluding hydrogens is 318 g/mol. The number of aromatic nitrogens is 2. The predicted octanol–water partition coefficient (Wildman–Crippen LogP) is 1.63. The van der Waals surface area contributed by atoms with Gasteiger partial charge in [0.1, 0.15) is 5.76 Å². The minimum atomic E-state index is 0.0861. The molecule has 3 rings (SSSR count). The second-order valence-electron chi connectivity index (χ2n) is 6.60. The molecule has 1 saturated heterocycles. The summed E-state index contributed by atoms with van der Waals surface area (Å²) in [5.74, 6) is 1.80. The van der Waals surface area contributed by atoms with Crippen LogP contribution in [0.4, 0.5) is 5.82 Å². The standard InChI is InChI=1S/C18H25N5O2/c1-21(14-18(24)22(2)13-16-7-5-11-25-16)12-15-6-4-10-23(15)17-8-3-9-19-20-17/h3,5,7-9,11,15H,4,6,10,12-14H2,1-2H3. The topological polar surface area (TPSA) is 65.7 Å². The van der Waals surface area contributed by atoms with Crippen LogP contribution < -0.4 is 4.90 Å². The summed E-state index contributed by atoms with van der Waals surface area (Å²) in [4.78, 5) is 18.5. The minimum Gasteiger partial charge on any atom is -0.467 e. The van der Waals surface area contributed by atoms with Crippen LogP contribution in [-0.2, 0) is 11.3 Å². The summed E-state index contributed by atoms with van der Waals surface area (Å²) in [6.07, 6.45) is 5.56. The zero-order chi connectivity index (χ0) is 17.6. The Morgan fingerprint density at radius 2 is 2.24 bits per heavy atom. The Bertz CT molecular complexity index is 661. The fourth-order valence-electron chi connectivity index (χ4n) is 3.27. The van der Waals surface area contributed by atoms with Crippen molar-refractivity contribution >= 4 is 11.7 Å². The Hall–Kier alpha value is -2.41. The minimum absolute atomic E-state index is 0.0861. The molecule has 25 heavy (non-hydrogen) atoms. The van der Waals surface area contributed by atoms with E-state index < -0.39 is 0 Å². The van der Waals surface area contributed by atoms with E-state index in [-0.39, 0.29) is 5.91 Å². The third-order valence-corrected chi connectivity index (χ3v) is 4.56. The fraction of sp³-hybridized carbons (Fsp3) is 0.500. The molecule has 1 aliphatic heterocycles. The molecule has 0 bridgehead atoms. The van der Waals surface area contributed by atoms with Crippen molar-refractivity contribution in [3.05, 3.63) is 42.5 Å². The molecule has 0 N–H and O–H groups in total. The van der Waals surface area contributed by atoms with Crippen LogP contribution >= 0.6 is 0 Å². The van der Waals surface area contributed by atoms with Crippen molar-refractivity contribution < 1.29 is 9.21 Å². The molecule has 134 valence electrons. The van der Waals surface area contributed by atoms with Crippen molar-refractivity contribution in [2.75, 3.05) is 38.6 Å². The van der Waals surface area contributed by atoms with E-state index in [2.05, 4.69) is 20.0 Å². The molecule has 1 fully saturated rings. The molecule has 7 nitrogen and oxygen atoms in total. The number of carbonyl (C=O) groups excluding carboxylic acids is 1.